The SMILES string of the molecule is CCCCCCC/C=C\CCCCCCCC(=O)NC(COC1OC(CO)C(OC2OC(CO)C(O)C(O)C2O)C(O)C1O)C(O)CCCCCCCCCCCCCCCCCCCCCCCCCCCCCC. The molecule has 1 amide bonds. The fraction of sp³-hybridized carbons (Fsp3) is 0.952. The summed E-state index contributed by atoms with van der Waals surface area (Å²) < 4.78 is 22.8. The maximum Gasteiger partial charge on any atom is 0.220 e. The van der Waals surface area contributed by atoms with Crippen LogP contribution in [0.1, 0.15) is 284 Å². The first-order chi connectivity index (χ1) is 37.1. The zero-order chi connectivity index (χ0) is 55.3. The maximum absolute atomic E-state index is 13.3. The van der Waals surface area contributed by atoms with Crippen molar-refractivity contribution in [3.05, 3.63) is 12.2 Å². The van der Waals surface area contributed by atoms with Gasteiger partial charge in [0, 0.05) is 6.42 Å². The van der Waals surface area contributed by atoms with Crippen molar-refractivity contribution in [2.75, 3.05) is 19.8 Å². The van der Waals surface area contributed by atoms with E-state index in [1.807, 2.05) is 0 Å². The largest absolute Gasteiger partial charge is 0.394 e. The van der Waals surface area contributed by atoms with Crippen LogP contribution >= 0.6 is 0 Å². The summed E-state index contributed by atoms with van der Waals surface area (Å²) in [4.78, 5) is 13.3. The van der Waals surface area contributed by atoms with E-state index in [0.717, 1.165) is 64.2 Å². The molecule has 0 aliphatic carbocycles. The molecule has 0 aromatic rings. The number of allylic oxidation sites excluding steroid dienone is 2. The minimum absolute atomic E-state index is 0.212. The Morgan fingerprint density at radius 3 is 1.25 bits per heavy atom. The number of aliphatic hydroxyl groups is 8. The molecule has 450 valence electrons. The fourth-order valence-corrected chi connectivity index (χ4v) is 10.8. The molecule has 76 heavy (non-hydrogen) atoms. The number of carbonyl (C=O) groups excluding carboxylic acids is 1. The van der Waals surface area contributed by atoms with E-state index in [4.69, 9.17) is 18.9 Å². The quantitative estimate of drug-likeness (QED) is 0.0204. The van der Waals surface area contributed by atoms with Crippen molar-refractivity contribution in [1.29, 1.82) is 0 Å². The molecule has 0 saturated carbocycles. The van der Waals surface area contributed by atoms with Gasteiger partial charge in [0.2, 0.25) is 5.91 Å². The Morgan fingerprint density at radius 2 is 0.829 bits per heavy atom. The summed E-state index contributed by atoms with van der Waals surface area (Å²) in [6, 6.07) is -0.830. The van der Waals surface area contributed by atoms with Crippen LogP contribution in [0.4, 0.5) is 0 Å². The highest BCUT2D eigenvalue weighted by molar-refractivity contribution is 5.76. The van der Waals surface area contributed by atoms with Crippen LogP contribution in [0.15, 0.2) is 12.2 Å². The first-order valence-electron chi connectivity index (χ1n) is 31.9. The zero-order valence-corrected chi connectivity index (χ0v) is 48.5. The Balaban J connectivity index is 1.67. The predicted octanol–water partition coefficient (Wildman–Crippen LogP) is 11.5. The van der Waals surface area contributed by atoms with Crippen LogP contribution in [0.3, 0.4) is 0 Å². The predicted molar refractivity (Wildman–Crippen MR) is 305 cm³/mol. The maximum atomic E-state index is 13.3. The molecular weight excluding hydrogens is 967 g/mol. The zero-order valence-electron chi connectivity index (χ0n) is 48.5. The van der Waals surface area contributed by atoms with Crippen molar-refractivity contribution >= 4 is 5.91 Å². The summed E-state index contributed by atoms with van der Waals surface area (Å²) in [6.07, 6.45) is 39.4. The van der Waals surface area contributed by atoms with Crippen molar-refractivity contribution in [1.82, 2.24) is 5.32 Å². The van der Waals surface area contributed by atoms with Crippen molar-refractivity contribution in [3.8, 4) is 0 Å². The first kappa shape index (κ1) is 70.8. The summed E-state index contributed by atoms with van der Waals surface area (Å²) >= 11 is 0. The monoisotopic (exact) mass is 1090 g/mol. The molecule has 2 aliphatic rings. The smallest absolute Gasteiger partial charge is 0.220 e. The van der Waals surface area contributed by atoms with Crippen molar-refractivity contribution in [2.45, 2.75) is 357 Å². The second kappa shape index (κ2) is 48.4. The van der Waals surface area contributed by atoms with Crippen LogP contribution in [-0.4, -0.2) is 140 Å². The normalized spacial score (nSPS) is 24.9. The second-order valence-electron chi connectivity index (χ2n) is 22.9. The number of carbonyl (C=O) groups is 1. The first-order valence-corrected chi connectivity index (χ1v) is 31.9. The number of hydrogen-bond acceptors (Lipinski definition) is 13. The number of unbranched alkanes of at least 4 members (excludes halogenated alkanes) is 37. The molecule has 0 aromatic heterocycles. The summed E-state index contributed by atoms with van der Waals surface area (Å²) in [6.45, 7) is 2.88. The minimum atomic E-state index is -1.78. The Bertz CT molecular complexity index is 1330. The molecule has 2 aliphatic heterocycles. The topological polar surface area (TPSA) is 228 Å². The number of ether oxygens (including phenoxy) is 4. The fourth-order valence-electron chi connectivity index (χ4n) is 10.8. The molecule has 14 nitrogen and oxygen atoms in total. The molecule has 9 N–H and O–H groups in total. The molecule has 0 spiro atoms. The van der Waals surface area contributed by atoms with E-state index in [9.17, 15) is 45.6 Å². The highest BCUT2D eigenvalue weighted by Gasteiger charge is 2.51. The lowest BCUT2D eigenvalue weighted by Gasteiger charge is -2.46. The number of aliphatic hydroxyl groups excluding tert-OH is 8. The van der Waals surface area contributed by atoms with E-state index >= 15 is 0 Å². The van der Waals surface area contributed by atoms with Crippen LogP contribution in [0, 0.1) is 0 Å². The average molecular weight is 1090 g/mol. The number of amides is 1. The summed E-state index contributed by atoms with van der Waals surface area (Å²) in [5, 5.41) is 87.3. The van der Waals surface area contributed by atoms with E-state index in [2.05, 4.69) is 31.3 Å². The van der Waals surface area contributed by atoms with Gasteiger partial charge in [0.25, 0.3) is 0 Å². The van der Waals surface area contributed by atoms with Crippen LogP contribution < -0.4 is 5.32 Å². The molecule has 0 radical (unpaired) electrons. The van der Waals surface area contributed by atoms with Crippen LogP contribution in [0.5, 0.6) is 0 Å². The molecule has 0 bridgehead atoms. The van der Waals surface area contributed by atoms with Gasteiger partial charge in [-0.05, 0) is 38.5 Å². The van der Waals surface area contributed by atoms with Crippen molar-refractivity contribution in [3.63, 3.8) is 0 Å². The van der Waals surface area contributed by atoms with E-state index in [1.54, 1.807) is 0 Å². The molecule has 14 heteroatoms. The number of nitrogens with one attached hydrogen (secondary N) is 1. The van der Waals surface area contributed by atoms with Crippen molar-refractivity contribution < 1.29 is 64.6 Å². The lowest BCUT2D eigenvalue weighted by atomic mass is 9.97. The standard InChI is InChI=1S/C62H119NO13/c1-3-5-7-9-11-13-15-17-19-20-21-22-23-24-25-26-27-28-29-30-31-32-33-35-37-39-41-43-45-51(66)50(63-54(67)46-44-42-40-38-36-34-18-16-14-12-10-8-6-4-2)49-73-61-59(72)57(70)60(53(48-65)75-61)76-62-58(71)56(69)55(68)52(47-64)74-62/h16,18,50-53,55-62,64-66,68-72H,3-15,17,19-49H2,1-2H3,(H,63,67)/b18-16-. The molecule has 2 rings (SSSR count). The van der Waals surface area contributed by atoms with E-state index in [1.165, 1.54) is 186 Å². The summed E-state index contributed by atoms with van der Waals surface area (Å²) in [5.74, 6) is -0.212. The van der Waals surface area contributed by atoms with Gasteiger partial charge < -0.3 is 65.1 Å². The number of hydrogen-bond donors (Lipinski definition) is 9. The van der Waals surface area contributed by atoms with Gasteiger partial charge in [-0.15, -0.1) is 0 Å². The lowest BCUT2D eigenvalue weighted by Crippen LogP contribution is -2.65. The molecular formula is C62H119NO13. The van der Waals surface area contributed by atoms with Gasteiger partial charge in [0.05, 0.1) is 32.0 Å². The third-order valence-corrected chi connectivity index (χ3v) is 16.0. The van der Waals surface area contributed by atoms with Gasteiger partial charge in [0.1, 0.15) is 48.8 Å². The van der Waals surface area contributed by atoms with E-state index in [0.29, 0.717) is 19.3 Å². The minimum Gasteiger partial charge on any atom is -0.394 e. The summed E-state index contributed by atoms with van der Waals surface area (Å²) in [5.41, 5.74) is 0. The third kappa shape index (κ3) is 33.5. The Hall–Kier alpha value is -1.27. The van der Waals surface area contributed by atoms with Gasteiger partial charge in [0.15, 0.2) is 12.6 Å². The molecule has 2 fully saturated rings. The van der Waals surface area contributed by atoms with E-state index in [-0.39, 0.29) is 12.5 Å². The van der Waals surface area contributed by atoms with E-state index < -0.39 is 86.8 Å². The molecule has 12 atom stereocenters. The third-order valence-electron chi connectivity index (χ3n) is 16.0. The van der Waals surface area contributed by atoms with Gasteiger partial charge in [-0.1, -0.05) is 251 Å². The lowest BCUT2D eigenvalue weighted by molar-refractivity contribution is -0.359. The second-order valence-corrected chi connectivity index (χ2v) is 22.9. The number of rotatable bonds is 52. The van der Waals surface area contributed by atoms with Crippen LogP contribution in [-0.2, 0) is 23.7 Å². The molecule has 2 saturated heterocycles. The molecule has 0 aromatic carbocycles. The van der Waals surface area contributed by atoms with Crippen LogP contribution in [0.25, 0.3) is 0 Å². The van der Waals surface area contributed by atoms with Crippen LogP contribution in [0.2, 0.25) is 0 Å². The van der Waals surface area contributed by atoms with Gasteiger partial charge in [-0.3, -0.25) is 4.79 Å². The van der Waals surface area contributed by atoms with Gasteiger partial charge >= 0.3 is 0 Å². The summed E-state index contributed by atoms with van der Waals surface area (Å²) in [7, 11) is 0. The highest BCUT2D eigenvalue weighted by atomic mass is 16.7. The highest BCUT2D eigenvalue weighted by Crippen LogP contribution is 2.30. The Kier molecular flexibility index (Phi) is 45.1. The molecule has 12 unspecified atom stereocenters. The van der Waals surface area contributed by atoms with Gasteiger partial charge in [-0.2, -0.15) is 0 Å². The average Bonchev–Trinajstić information content (AvgIpc) is 3.42. The Labute approximate surface area is 463 Å². The Morgan fingerprint density at radius 1 is 0.461 bits per heavy atom. The van der Waals surface area contributed by atoms with Gasteiger partial charge in [-0.25, -0.2) is 0 Å². The van der Waals surface area contributed by atoms with Crippen molar-refractivity contribution in [2.24, 2.45) is 0 Å². The molecule has 2 heterocycles.